The number of carbonyl (C=O) groups is 2. The van der Waals surface area contributed by atoms with E-state index in [4.69, 9.17) is 5.73 Å². The van der Waals surface area contributed by atoms with Crippen molar-refractivity contribution in [3.8, 4) is 22.5 Å². The molecular formula is C36H37N7O2. The van der Waals surface area contributed by atoms with E-state index in [0.29, 0.717) is 31.8 Å². The van der Waals surface area contributed by atoms with E-state index in [9.17, 15) is 9.59 Å². The van der Waals surface area contributed by atoms with Crippen LogP contribution in [-0.2, 0) is 29.1 Å². The average molecular weight is 600 g/mol. The second-order valence-corrected chi connectivity index (χ2v) is 12.3. The fraction of sp³-hybridized carbons (Fsp3) is 0.250. The number of nitrogens with one attached hydrogen (secondary N) is 1. The molecule has 2 amide bonds. The number of tetrazole rings is 1. The number of anilines is 1. The first kappa shape index (κ1) is 29.9. The maximum Gasteiger partial charge on any atom is 0.250 e. The Bertz CT molecular complexity index is 1760. The summed E-state index contributed by atoms with van der Waals surface area (Å²) in [4.78, 5) is 31.9. The fourth-order valence-electron chi connectivity index (χ4n) is 5.98. The van der Waals surface area contributed by atoms with Gasteiger partial charge in [-0.2, -0.15) is 0 Å². The number of aromatic amines is 1. The molecule has 1 aromatic heterocycles. The molecule has 0 radical (unpaired) electrons. The van der Waals surface area contributed by atoms with Crippen molar-refractivity contribution >= 4 is 17.5 Å². The smallest absolute Gasteiger partial charge is 0.250 e. The molecule has 228 valence electrons. The Morgan fingerprint density at radius 3 is 2.31 bits per heavy atom. The number of aromatic nitrogens is 4. The second kappa shape index (κ2) is 12.8. The molecule has 0 fully saturated rings. The molecule has 4 aromatic carbocycles. The highest BCUT2D eigenvalue weighted by Crippen LogP contribution is 2.33. The number of hydrogen-bond donors (Lipinski definition) is 2. The van der Waals surface area contributed by atoms with E-state index in [2.05, 4.69) is 38.8 Å². The largest absolute Gasteiger partial charge is 0.326 e. The lowest BCUT2D eigenvalue weighted by atomic mass is 9.98. The van der Waals surface area contributed by atoms with E-state index in [-0.39, 0.29) is 18.2 Å². The summed E-state index contributed by atoms with van der Waals surface area (Å²) in [6, 6.07) is 33.4. The van der Waals surface area contributed by atoms with Gasteiger partial charge in [0.2, 0.25) is 11.8 Å². The molecule has 2 heterocycles. The second-order valence-electron chi connectivity index (χ2n) is 12.3. The standard InChI is InChI=1S/C36H37N7O2/c1-36(2,37)22-33(44)42(23-25-10-4-3-5-11-25)32-21-20-28-12-6-9-15-31(28)43(35(32)45)24-26-16-18-27(19-17-26)29-13-7-8-14-30(29)34-38-40-41-39-34/h3-19,32H,20-24,37H2,1-2H3,(H,38,39,40,41)/t32-/m1/s1. The maximum atomic E-state index is 14.6. The van der Waals surface area contributed by atoms with Gasteiger partial charge in [0.15, 0.2) is 5.82 Å². The van der Waals surface area contributed by atoms with Gasteiger partial charge in [-0.25, -0.2) is 5.10 Å². The quantitative estimate of drug-likeness (QED) is 0.230. The topological polar surface area (TPSA) is 121 Å². The van der Waals surface area contributed by atoms with Crippen molar-refractivity contribution < 1.29 is 9.59 Å². The molecule has 1 aliphatic rings. The molecule has 5 aromatic rings. The summed E-state index contributed by atoms with van der Waals surface area (Å²) in [5.74, 6) is 0.381. The Hall–Kier alpha value is -5.15. The van der Waals surface area contributed by atoms with Crippen LogP contribution in [0.1, 0.15) is 43.4 Å². The van der Waals surface area contributed by atoms with Crippen molar-refractivity contribution in [2.45, 2.75) is 57.8 Å². The van der Waals surface area contributed by atoms with Crippen LogP contribution in [0.4, 0.5) is 5.69 Å². The summed E-state index contributed by atoms with van der Waals surface area (Å²) in [5.41, 5.74) is 12.4. The number of rotatable bonds is 9. The van der Waals surface area contributed by atoms with E-state index < -0.39 is 11.6 Å². The number of nitrogens with two attached hydrogens (primary N) is 1. The lowest BCUT2D eigenvalue weighted by Crippen LogP contribution is -2.52. The Balaban J connectivity index is 1.32. The van der Waals surface area contributed by atoms with Crippen LogP contribution < -0.4 is 10.6 Å². The minimum absolute atomic E-state index is 0.0914. The van der Waals surface area contributed by atoms with Crippen LogP contribution in [0.25, 0.3) is 22.5 Å². The van der Waals surface area contributed by atoms with Gasteiger partial charge in [-0.15, -0.1) is 5.10 Å². The number of nitrogens with zero attached hydrogens (tertiary/aromatic N) is 5. The minimum atomic E-state index is -0.702. The molecule has 6 rings (SSSR count). The van der Waals surface area contributed by atoms with Crippen molar-refractivity contribution in [2.24, 2.45) is 5.73 Å². The van der Waals surface area contributed by atoms with Crippen LogP contribution in [0.2, 0.25) is 0 Å². The molecule has 1 atom stereocenters. The third kappa shape index (κ3) is 6.84. The number of amides is 2. The number of aryl methyl sites for hydroxylation is 1. The van der Waals surface area contributed by atoms with Gasteiger partial charge >= 0.3 is 0 Å². The highest BCUT2D eigenvalue weighted by Gasteiger charge is 2.37. The first-order chi connectivity index (χ1) is 21.8. The fourth-order valence-corrected chi connectivity index (χ4v) is 5.98. The van der Waals surface area contributed by atoms with Crippen LogP contribution in [0.15, 0.2) is 103 Å². The molecule has 9 heteroatoms. The molecule has 0 aliphatic carbocycles. The number of H-pyrrole nitrogens is 1. The van der Waals surface area contributed by atoms with Crippen LogP contribution >= 0.6 is 0 Å². The zero-order valence-electron chi connectivity index (χ0n) is 25.6. The minimum Gasteiger partial charge on any atom is -0.326 e. The first-order valence-corrected chi connectivity index (χ1v) is 15.2. The molecule has 3 N–H and O–H groups in total. The van der Waals surface area contributed by atoms with Crippen LogP contribution in [0.3, 0.4) is 0 Å². The summed E-state index contributed by atoms with van der Waals surface area (Å²) in [5, 5.41) is 14.4. The Morgan fingerprint density at radius 1 is 0.911 bits per heavy atom. The molecule has 0 bridgehead atoms. The van der Waals surface area contributed by atoms with Crippen LogP contribution in [0.5, 0.6) is 0 Å². The summed E-state index contributed by atoms with van der Waals surface area (Å²) in [6.45, 7) is 4.39. The van der Waals surface area contributed by atoms with Crippen LogP contribution in [0, 0.1) is 0 Å². The first-order valence-electron chi connectivity index (χ1n) is 15.2. The van der Waals surface area contributed by atoms with Gasteiger partial charge in [-0.1, -0.05) is 97.1 Å². The van der Waals surface area contributed by atoms with E-state index in [1.807, 2.05) is 104 Å². The number of hydrogen-bond acceptors (Lipinski definition) is 6. The van der Waals surface area contributed by atoms with Gasteiger partial charge < -0.3 is 15.5 Å². The van der Waals surface area contributed by atoms with E-state index in [0.717, 1.165) is 39.1 Å². The molecule has 9 nitrogen and oxygen atoms in total. The summed E-state index contributed by atoms with van der Waals surface area (Å²) in [6.07, 6.45) is 1.35. The molecule has 0 spiro atoms. The van der Waals surface area contributed by atoms with Gasteiger partial charge in [-0.3, -0.25) is 9.59 Å². The van der Waals surface area contributed by atoms with Gasteiger partial charge in [0, 0.05) is 29.8 Å². The van der Waals surface area contributed by atoms with E-state index in [1.165, 1.54) is 0 Å². The lowest BCUT2D eigenvalue weighted by Gasteiger charge is -2.35. The van der Waals surface area contributed by atoms with Gasteiger partial charge in [0.1, 0.15) is 6.04 Å². The summed E-state index contributed by atoms with van der Waals surface area (Å²) < 4.78 is 0. The molecule has 0 saturated carbocycles. The zero-order chi connectivity index (χ0) is 31.4. The Labute approximate surface area is 263 Å². The zero-order valence-corrected chi connectivity index (χ0v) is 25.6. The number of carbonyl (C=O) groups excluding carboxylic acids is 2. The molecule has 1 aliphatic heterocycles. The maximum absolute atomic E-state index is 14.6. The molecular weight excluding hydrogens is 562 g/mol. The van der Waals surface area contributed by atoms with Crippen molar-refractivity contribution in [2.75, 3.05) is 4.90 Å². The number of benzene rings is 4. The van der Waals surface area contributed by atoms with Gasteiger partial charge in [0.25, 0.3) is 0 Å². The Kier molecular flexibility index (Phi) is 8.53. The molecule has 0 saturated heterocycles. The molecule has 45 heavy (non-hydrogen) atoms. The highest BCUT2D eigenvalue weighted by atomic mass is 16.2. The lowest BCUT2D eigenvalue weighted by molar-refractivity contribution is -0.141. The normalized spacial score (nSPS) is 15.0. The SMILES string of the molecule is CC(C)(N)CC(=O)N(Cc1ccccc1)[C@@H]1CCc2ccccc2N(Cc2ccc(-c3ccccc3-c3nnn[nH]3)cc2)C1=O. The van der Waals surface area contributed by atoms with Gasteiger partial charge in [-0.05, 0) is 71.0 Å². The van der Waals surface area contributed by atoms with E-state index >= 15 is 0 Å². The Morgan fingerprint density at radius 2 is 1.60 bits per heavy atom. The highest BCUT2D eigenvalue weighted by molar-refractivity contribution is 6.00. The summed E-state index contributed by atoms with van der Waals surface area (Å²) in [7, 11) is 0. The number of para-hydroxylation sites is 1. The predicted molar refractivity (Wildman–Crippen MR) is 175 cm³/mol. The summed E-state index contributed by atoms with van der Waals surface area (Å²) >= 11 is 0. The van der Waals surface area contributed by atoms with E-state index in [1.54, 1.807) is 4.90 Å². The third-order valence-electron chi connectivity index (χ3n) is 8.15. The van der Waals surface area contributed by atoms with Crippen molar-refractivity contribution in [3.63, 3.8) is 0 Å². The number of fused-ring (bicyclic) bond motifs is 1. The third-order valence-corrected chi connectivity index (χ3v) is 8.15. The average Bonchev–Trinajstić information content (AvgIpc) is 3.54. The van der Waals surface area contributed by atoms with Crippen molar-refractivity contribution in [1.29, 1.82) is 0 Å². The van der Waals surface area contributed by atoms with Gasteiger partial charge in [0.05, 0.1) is 6.54 Å². The van der Waals surface area contributed by atoms with Crippen molar-refractivity contribution in [1.82, 2.24) is 25.5 Å². The van der Waals surface area contributed by atoms with Crippen molar-refractivity contribution in [3.05, 3.63) is 120 Å². The monoisotopic (exact) mass is 599 g/mol. The predicted octanol–water partition coefficient (Wildman–Crippen LogP) is 5.54. The molecule has 0 unspecified atom stereocenters. The van der Waals surface area contributed by atoms with Crippen LogP contribution in [-0.4, -0.2) is 48.9 Å².